The van der Waals surface area contributed by atoms with Crippen LogP contribution in [0.25, 0.3) is 0 Å². The lowest BCUT2D eigenvalue weighted by atomic mass is 10.1. The van der Waals surface area contributed by atoms with Crippen molar-refractivity contribution in [3.05, 3.63) is 57.6 Å². The summed E-state index contributed by atoms with van der Waals surface area (Å²) in [5.74, 6) is -1.42. The second-order valence-electron chi connectivity index (χ2n) is 6.54. The molecule has 0 spiro atoms. The Balaban J connectivity index is 1.96. The Labute approximate surface area is 185 Å². The van der Waals surface area contributed by atoms with Gasteiger partial charge in [0.25, 0.3) is 5.91 Å². The van der Waals surface area contributed by atoms with Gasteiger partial charge < -0.3 is 10.1 Å². The van der Waals surface area contributed by atoms with E-state index in [4.69, 9.17) is 27.9 Å². The molecule has 0 radical (unpaired) electrons. The molecule has 10 heteroatoms. The number of anilines is 1. The van der Waals surface area contributed by atoms with Crippen LogP contribution in [0.5, 0.6) is 0 Å². The van der Waals surface area contributed by atoms with E-state index < -0.39 is 34.5 Å². The van der Waals surface area contributed by atoms with Crippen molar-refractivity contribution >= 4 is 50.8 Å². The van der Waals surface area contributed by atoms with Gasteiger partial charge in [-0.15, -0.1) is 0 Å². The quantitative estimate of drug-likeness (QED) is 0.570. The van der Waals surface area contributed by atoms with Gasteiger partial charge in [-0.25, -0.2) is 8.42 Å². The highest BCUT2D eigenvalue weighted by Gasteiger charge is 2.24. The third-order valence-electron chi connectivity index (χ3n) is 4.24. The number of rotatable bonds is 8. The largest absolute Gasteiger partial charge is 0.454 e. The van der Waals surface area contributed by atoms with Crippen LogP contribution in [0.4, 0.5) is 5.69 Å². The zero-order chi connectivity index (χ0) is 22.5. The van der Waals surface area contributed by atoms with Crippen molar-refractivity contribution in [3.63, 3.8) is 0 Å². The lowest BCUT2D eigenvalue weighted by Gasteiger charge is -2.15. The van der Waals surface area contributed by atoms with Crippen molar-refractivity contribution in [1.29, 1.82) is 0 Å². The van der Waals surface area contributed by atoms with Gasteiger partial charge in [0.2, 0.25) is 10.0 Å². The molecule has 0 aliphatic carbocycles. The van der Waals surface area contributed by atoms with Crippen LogP contribution in [-0.2, 0) is 30.8 Å². The molecular weight excluding hydrogens is 451 g/mol. The average molecular weight is 473 g/mol. The number of amides is 1. The Morgan fingerprint density at radius 3 is 2.47 bits per heavy atom. The SMILES string of the molecule is CCc1cccc(C)c1NC(=O)COC(=O)C(C)NS(=O)(=O)c1ccc(Cl)c(Cl)c1. The number of esters is 1. The lowest BCUT2D eigenvalue weighted by Crippen LogP contribution is -2.40. The summed E-state index contributed by atoms with van der Waals surface area (Å²) in [5, 5.41) is 2.99. The number of benzene rings is 2. The van der Waals surface area contributed by atoms with Crippen molar-refractivity contribution < 1.29 is 22.7 Å². The first-order valence-corrected chi connectivity index (χ1v) is 11.3. The van der Waals surface area contributed by atoms with E-state index in [1.54, 1.807) is 0 Å². The first kappa shape index (κ1) is 24.1. The fourth-order valence-electron chi connectivity index (χ4n) is 2.63. The summed E-state index contributed by atoms with van der Waals surface area (Å²) < 4.78 is 31.9. The maximum Gasteiger partial charge on any atom is 0.324 e. The molecule has 0 heterocycles. The fraction of sp³-hybridized carbons (Fsp3) is 0.300. The van der Waals surface area contributed by atoms with E-state index in [-0.39, 0.29) is 14.9 Å². The summed E-state index contributed by atoms with van der Waals surface area (Å²) in [7, 11) is -4.04. The van der Waals surface area contributed by atoms with Crippen molar-refractivity contribution in [2.75, 3.05) is 11.9 Å². The number of halogens is 2. The van der Waals surface area contributed by atoms with Crippen LogP contribution in [0.15, 0.2) is 41.3 Å². The molecule has 2 aromatic rings. The monoisotopic (exact) mass is 472 g/mol. The van der Waals surface area contributed by atoms with Crippen LogP contribution in [0.3, 0.4) is 0 Å². The summed E-state index contributed by atoms with van der Waals surface area (Å²) in [6, 6.07) is 8.20. The molecule has 162 valence electrons. The van der Waals surface area contributed by atoms with E-state index in [2.05, 4.69) is 10.0 Å². The molecule has 1 amide bonds. The molecule has 30 heavy (non-hydrogen) atoms. The molecule has 0 aromatic heterocycles. The first-order valence-electron chi connectivity index (χ1n) is 9.07. The fourth-order valence-corrected chi connectivity index (χ4v) is 4.21. The summed E-state index contributed by atoms with van der Waals surface area (Å²) in [5.41, 5.74) is 2.52. The van der Waals surface area contributed by atoms with Crippen LogP contribution in [-0.4, -0.2) is 32.9 Å². The molecule has 2 N–H and O–H groups in total. The predicted octanol–water partition coefficient (Wildman–Crippen LogP) is 3.71. The number of nitrogens with one attached hydrogen (secondary N) is 2. The van der Waals surface area contributed by atoms with Crippen molar-refractivity contribution in [2.45, 2.75) is 38.1 Å². The molecule has 0 aliphatic rings. The normalized spacial score (nSPS) is 12.3. The second-order valence-corrected chi connectivity index (χ2v) is 9.07. The topological polar surface area (TPSA) is 102 Å². The van der Waals surface area contributed by atoms with E-state index in [1.165, 1.54) is 25.1 Å². The third-order valence-corrected chi connectivity index (χ3v) is 6.51. The van der Waals surface area contributed by atoms with Gasteiger partial charge >= 0.3 is 5.97 Å². The van der Waals surface area contributed by atoms with Crippen LogP contribution >= 0.6 is 23.2 Å². The summed E-state index contributed by atoms with van der Waals surface area (Å²) in [6.07, 6.45) is 0.727. The molecule has 0 bridgehead atoms. The van der Waals surface area contributed by atoms with E-state index in [1.807, 2.05) is 32.0 Å². The van der Waals surface area contributed by atoms with Gasteiger partial charge in [-0.1, -0.05) is 48.3 Å². The maximum absolute atomic E-state index is 12.4. The van der Waals surface area contributed by atoms with Gasteiger partial charge in [-0.2, -0.15) is 4.72 Å². The Kier molecular flexibility index (Phi) is 8.25. The zero-order valence-electron chi connectivity index (χ0n) is 16.7. The molecule has 2 rings (SSSR count). The first-order chi connectivity index (χ1) is 14.0. The number of hydrogen-bond acceptors (Lipinski definition) is 5. The summed E-state index contributed by atoms with van der Waals surface area (Å²) >= 11 is 11.6. The highest BCUT2D eigenvalue weighted by Crippen LogP contribution is 2.25. The Bertz CT molecular complexity index is 1060. The van der Waals surface area contributed by atoms with Gasteiger partial charge in [0.05, 0.1) is 14.9 Å². The number of carbonyl (C=O) groups is 2. The van der Waals surface area contributed by atoms with Crippen LogP contribution in [0.2, 0.25) is 10.0 Å². The molecule has 0 aliphatic heterocycles. The number of para-hydroxylation sites is 1. The molecule has 0 saturated heterocycles. The van der Waals surface area contributed by atoms with Crippen molar-refractivity contribution in [3.8, 4) is 0 Å². The zero-order valence-corrected chi connectivity index (χ0v) is 19.0. The van der Waals surface area contributed by atoms with Gasteiger partial charge in [-0.05, 0) is 49.6 Å². The highest BCUT2D eigenvalue weighted by molar-refractivity contribution is 7.89. The van der Waals surface area contributed by atoms with Crippen LogP contribution in [0.1, 0.15) is 25.0 Å². The number of carbonyl (C=O) groups excluding carboxylic acids is 2. The van der Waals surface area contributed by atoms with E-state index >= 15 is 0 Å². The maximum atomic E-state index is 12.4. The smallest absolute Gasteiger partial charge is 0.324 e. The predicted molar refractivity (Wildman–Crippen MR) is 116 cm³/mol. The van der Waals surface area contributed by atoms with Crippen molar-refractivity contribution in [2.24, 2.45) is 0 Å². The Morgan fingerprint density at radius 2 is 1.83 bits per heavy atom. The lowest BCUT2D eigenvalue weighted by molar-refractivity contribution is -0.148. The second kappa shape index (κ2) is 10.3. The average Bonchev–Trinajstić information content (AvgIpc) is 2.69. The molecule has 0 saturated carbocycles. The van der Waals surface area contributed by atoms with Crippen LogP contribution < -0.4 is 10.0 Å². The number of sulfonamides is 1. The molecule has 0 fully saturated rings. The highest BCUT2D eigenvalue weighted by atomic mass is 35.5. The minimum absolute atomic E-state index is 0.0640. The molecule has 7 nitrogen and oxygen atoms in total. The molecular formula is C20H22Cl2N2O5S. The minimum atomic E-state index is -4.04. The molecule has 1 unspecified atom stereocenters. The summed E-state index contributed by atoms with van der Waals surface area (Å²) in [4.78, 5) is 24.2. The molecule has 2 aromatic carbocycles. The van der Waals surface area contributed by atoms with Crippen molar-refractivity contribution in [1.82, 2.24) is 4.72 Å². The van der Waals surface area contributed by atoms with Gasteiger partial charge in [-0.3, -0.25) is 9.59 Å². The van der Waals surface area contributed by atoms with E-state index in [0.717, 1.165) is 17.5 Å². The summed E-state index contributed by atoms with van der Waals surface area (Å²) in [6.45, 7) is 4.59. The number of hydrogen-bond donors (Lipinski definition) is 2. The van der Waals surface area contributed by atoms with Gasteiger partial charge in [0, 0.05) is 5.69 Å². The minimum Gasteiger partial charge on any atom is -0.454 e. The third kappa shape index (κ3) is 6.18. The van der Waals surface area contributed by atoms with Crippen LogP contribution in [0, 0.1) is 6.92 Å². The number of ether oxygens (including phenoxy) is 1. The Hall–Kier alpha value is -2.13. The van der Waals surface area contributed by atoms with E-state index in [9.17, 15) is 18.0 Å². The van der Waals surface area contributed by atoms with E-state index in [0.29, 0.717) is 5.69 Å². The van der Waals surface area contributed by atoms with Gasteiger partial charge in [0.15, 0.2) is 6.61 Å². The standard InChI is InChI=1S/C20H22Cl2N2O5S/c1-4-14-7-5-6-12(2)19(14)23-18(25)11-29-20(26)13(3)24-30(27,28)15-8-9-16(21)17(22)10-15/h5-10,13,24H,4,11H2,1-3H3,(H,23,25). The van der Waals surface area contributed by atoms with Gasteiger partial charge in [0.1, 0.15) is 6.04 Å². The number of aryl methyl sites for hydroxylation is 2. The molecule has 1 atom stereocenters. The Morgan fingerprint density at radius 1 is 1.13 bits per heavy atom.